The van der Waals surface area contributed by atoms with Crippen molar-refractivity contribution < 1.29 is 19.7 Å². The first kappa shape index (κ1) is 9.78. The Hall–Kier alpha value is -1.42. The molecule has 0 amide bonds. The second kappa shape index (κ2) is 3.28. The van der Waals surface area contributed by atoms with E-state index in [1.807, 2.05) is 0 Å². The number of phenols is 1. The monoisotopic (exact) mass is 222 g/mol. The zero-order valence-corrected chi connectivity index (χ0v) is 8.90. The van der Waals surface area contributed by atoms with Crippen LogP contribution in [0.4, 0.5) is 0 Å². The molecule has 16 heavy (non-hydrogen) atoms. The maximum Gasteiger partial charge on any atom is 0.165 e. The summed E-state index contributed by atoms with van der Waals surface area (Å²) in [7, 11) is 0. The highest BCUT2D eigenvalue weighted by Crippen LogP contribution is 2.43. The molecule has 1 saturated carbocycles. The van der Waals surface area contributed by atoms with E-state index in [1.54, 1.807) is 12.1 Å². The first-order valence-electron chi connectivity index (χ1n) is 5.50. The Kier molecular flexibility index (Phi) is 2.01. The highest BCUT2D eigenvalue weighted by Gasteiger charge is 2.41. The molecule has 0 unspecified atom stereocenters. The van der Waals surface area contributed by atoms with Crippen molar-refractivity contribution >= 4 is 0 Å². The maximum atomic E-state index is 9.83. The lowest BCUT2D eigenvalue weighted by molar-refractivity contribution is 0.148. The number of fused-ring (bicyclic) bond motifs is 1. The number of aromatic hydroxyl groups is 1. The lowest BCUT2D eigenvalue weighted by atomic mass is 10.0. The van der Waals surface area contributed by atoms with Crippen molar-refractivity contribution in [2.24, 2.45) is 0 Å². The third-order valence-electron chi connectivity index (χ3n) is 3.09. The number of aliphatic hydroxyl groups is 1. The van der Waals surface area contributed by atoms with Crippen LogP contribution in [0.15, 0.2) is 12.1 Å². The first-order chi connectivity index (χ1) is 7.66. The van der Waals surface area contributed by atoms with Crippen LogP contribution in [0, 0.1) is 0 Å². The van der Waals surface area contributed by atoms with Crippen molar-refractivity contribution in [2.75, 3.05) is 13.2 Å². The average molecular weight is 222 g/mol. The van der Waals surface area contributed by atoms with Crippen LogP contribution in [0.25, 0.3) is 0 Å². The van der Waals surface area contributed by atoms with E-state index < -0.39 is 5.60 Å². The molecule has 1 aromatic rings. The summed E-state index contributed by atoms with van der Waals surface area (Å²) < 4.78 is 10.8. The molecule has 1 aliphatic carbocycles. The van der Waals surface area contributed by atoms with Crippen LogP contribution < -0.4 is 9.47 Å². The molecule has 0 spiro atoms. The third-order valence-corrected chi connectivity index (χ3v) is 3.09. The molecule has 0 radical (unpaired) electrons. The Bertz CT molecular complexity index is 423. The van der Waals surface area contributed by atoms with Crippen molar-refractivity contribution in [1.82, 2.24) is 0 Å². The number of rotatable bonds is 2. The lowest BCUT2D eigenvalue weighted by Gasteiger charge is -2.20. The van der Waals surface area contributed by atoms with Gasteiger partial charge in [-0.15, -0.1) is 0 Å². The van der Waals surface area contributed by atoms with Crippen LogP contribution in [0.5, 0.6) is 17.2 Å². The van der Waals surface area contributed by atoms with E-state index >= 15 is 0 Å². The molecule has 4 heteroatoms. The summed E-state index contributed by atoms with van der Waals surface area (Å²) in [5.41, 5.74) is 0.116. The minimum atomic E-state index is -0.610. The van der Waals surface area contributed by atoms with Gasteiger partial charge in [0.15, 0.2) is 11.5 Å². The van der Waals surface area contributed by atoms with Gasteiger partial charge in [-0.2, -0.15) is 0 Å². The van der Waals surface area contributed by atoms with Gasteiger partial charge in [-0.1, -0.05) is 0 Å². The van der Waals surface area contributed by atoms with Gasteiger partial charge in [-0.3, -0.25) is 0 Å². The highest BCUT2D eigenvalue weighted by atomic mass is 16.6. The zero-order chi connectivity index (χ0) is 11.2. The molecular formula is C12H14O4. The fraction of sp³-hybridized carbons (Fsp3) is 0.500. The van der Waals surface area contributed by atoms with Crippen LogP contribution >= 0.6 is 0 Å². The Labute approximate surface area is 93.4 Å². The predicted molar refractivity (Wildman–Crippen MR) is 57.0 cm³/mol. The lowest BCUT2D eigenvalue weighted by Crippen LogP contribution is -2.16. The number of benzene rings is 1. The number of hydrogen-bond donors (Lipinski definition) is 2. The van der Waals surface area contributed by atoms with Gasteiger partial charge in [0.1, 0.15) is 19.0 Å². The molecule has 1 aromatic carbocycles. The molecule has 3 rings (SSSR count). The van der Waals surface area contributed by atoms with Crippen LogP contribution in [0.1, 0.15) is 18.4 Å². The van der Waals surface area contributed by atoms with E-state index in [9.17, 15) is 10.2 Å². The van der Waals surface area contributed by atoms with Crippen LogP contribution in [0.3, 0.4) is 0 Å². The van der Waals surface area contributed by atoms with Crippen molar-refractivity contribution in [3.63, 3.8) is 0 Å². The Balaban J connectivity index is 1.92. The molecule has 1 aliphatic heterocycles. The SMILES string of the molecule is Oc1cc2c(cc1CC1(O)CC1)OCCO2. The van der Waals surface area contributed by atoms with Gasteiger partial charge in [0.25, 0.3) is 0 Å². The van der Waals surface area contributed by atoms with Gasteiger partial charge < -0.3 is 19.7 Å². The minimum absolute atomic E-state index is 0.171. The Morgan fingerprint density at radius 1 is 1.12 bits per heavy atom. The van der Waals surface area contributed by atoms with Gasteiger partial charge in [-0.05, 0) is 18.9 Å². The normalized spacial score (nSPS) is 20.6. The van der Waals surface area contributed by atoms with Crippen molar-refractivity contribution in [3.05, 3.63) is 17.7 Å². The number of hydrogen-bond acceptors (Lipinski definition) is 4. The predicted octanol–water partition coefficient (Wildman–Crippen LogP) is 1.23. The molecule has 0 atom stereocenters. The van der Waals surface area contributed by atoms with E-state index in [4.69, 9.17) is 9.47 Å². The average Bonchev–Trinajstić information content (AvgIpc) is 2.97. The number of phenolic OH excluding ortho intramolecular Hbond substituents is 1. The molecule has 0 saturated heterocycles. The zero-order valence-electron chi connectivity index (χ0n) is 8.90. The van der Waals surface area contributed by atoms with Crippen LogP contribution in [0.2, 0.25) is 0 Å². The van der Waals surface area contributed by atoms with E-state index in [-0.39, 0.29) is 5.75 Å². The van der Waals surface area contributed by atoms with Gasteiger partial charge in [0.05, 0.1) is 5.60 Å². The van der Waals surface area contributed by atoms with Crippen LogP contribution in [-0.4, -0.2) is 29.0 Å². The molecule has 0 aromatic heterocycles. The first-order valence-corrected chi connectivity index (χ1v) is 5.50. The maximum absolute atomic E-state index is 9.83. The standard InChI is InChI=1S/C12H14O4/c13-9-6-11-10(15-3-4-16-11)5-8(9)7-12(14)1-2-12/h5-6,13-14H,1-4,7H2. The summed E-state index contributed by atoms with van der Waals surface area (Å²) in [6.07, 6.45) is 2.09. The second-order valence-electron chi connectivity index (χ2n) is 4.53. The fourth-order valence-corrected chi connectivity index (χ4v) is 1.94. The molecular weight excluding hydrogens is 208 g/mol. The van der Waals surface area contributed by atoms with E-state index in [2.05, 4.69) is 0 Å². The Morgan fingerprint density at radius 2 is 1.75 bits per heavy atom. The Morgan fingerprint density at radius 3 is 2.38 bits per heavy atom. The third kappa shape index (κ3) is 1.69. The topological polar surface area (TPSA) is 58.9 Å². The number of ether oxygens (including phenoxy) is 2. The van der Waals surface area contributed by atoms with Crippen LogP contribution in [-0.2, 0) is 6.42 Å². The second-order valence-corrected chi connectivity index (χ2v) is 4.53. The van der Waals surface area contributed by atoms with Gasteiger partial charge in [-0.25, -0.2) is 0 Å². The fourth-order valence-electron chi connectivity index (χ4n) is 1.94. The van der Waals surface area contributed by atoms with E-state index in [1.165, 1.54) is 0 Å². The molecule has 86 valence electrons. The summed E-state index contributed by atoms with van der Waals surface area (Å²) in [6, 6.07) is 3.33. The minimum Gasteiger partial charge on any atom is -0.508 e. The van der Waals surface area contributed by atoms with Gasteiger partial charge in [0, 0.05) is 18.1 Å². The van der Waals surface area contributed by atoms with Crippen molar-refractivity contribution in [1.29, 1.82) is 0 Å². The summed E-state index contributed by atoms with van der Waals surface area (Å²) in [5.74, 6) is 1.41. The summed E-state index contributed by atoms with van der Waals surface area (Å²) in [6.45, 7) is 1.04. The van der Waals surface area contributed by atoms with Crippen molar-refractivity contribution in [3.8, 4) is 17.2 Å². The highest BCUT2D eigenvalue weighted by molar-refractivity contribution is 5.51. The molecule has 0 bridgehead atoms. The van der Waals surface area contributed by atoms with Gasteiger partial charge in [0.2, 0.25) is 0 Å². The smallest absolute Gasteiger partial charge is 0.165 e. The molecule has 1 heterocycles. The van der Waals surface area contributed by atoms with E-state index in [0.29, 0.717) is 31.1 Å². The summed E-state index contributed by atoms with van der Waals surface area (Å²) in [4.78, 5) is 0. The molecule has 2 N–H and O–H groups in total. The van der Waals surface area contributed by atoms with E-state index in [0.717, 1.165) is 18.4 Å². The summed E-state index contributed by atoms with van der Waals surface area (Å²) >= 11 is 0. The quantitative estimate of drug-likeness (QED) is 0.790. The van der Waals surface area contributed by atoms with Gasteiger partial charge >= 0.3 is 0 Å². The van der Waals surface area contributed by atoms with Crippen molar-refractivity contribution in [2.45, 2.75) is 24.9 Å². The molecule has 1 fully saturated rings. The molecule has 2 aliphatic rings. The largest absolute Gasteiger partial charge is 0.508 e. The summed E-state index contributed by atoms with van der Waals surface area (Å²) in [5, 5.41) is 19.6. The molecule has 4 nitrogen and oxygen atoms in total.